The third kappa shape index (κ3) is 7.10. The zero-order valence-corrected chi connectivity index (χ0v) is 16.3. The van der Waals surface area contributed by atoms with Crippen molar-refractivity contribution in [2.75, 3.05) is 26.7 Å². The van der Waals surface area contributed by atoms with Crippen molar-refractivity contribution in [3.63, 3.8) is 0 Å². The van der Waals surface area contributed by atoms with E-state index in [2.05, 4.69) is 0 Å². The Kier molecular flexibility index (Phi) is 8.55. The van der Waals surface area contributed by atoms with Gasteiger partial charge in [0.15, 0.2) is 0 Å². The molecule has 0 aliphatic carbocycles. The quantitative estimate of drug-likeness (QED) is 0.709. The van der Waals surface area contributed by atoms with E-state index in [1.165, 1.54) is 31.3 Å². The van der Waals surface area contributed by atoms with Gasteiger partial charge >= 0.3 is 6.18 Å². The molecule has 0 saturated carbocycles. The van der Waals surface area contributed by atoms with E-state index >= 15 is 0 Å². The van der Waals surface area contributed by atoms with E-state index in [9.17, 15) is 26.4 Å². The molecule has 1 aromatic rings. The van der Waals surface area contributed by atoms with Crippen molar-refractivity contribution < 1.29 is 26.4 Å². The van der Waals surface area contributed by atoms with Gasteiger partial charge in [-0.3, -0.25) is 4.79 Å². The summed E-state index contributed by atoms with van der Waals surface area (Å²) in [6.45, 7) is 2.69. The molecule has 0 aliphatic rings. The van der Waals surface area contributed by atoms with Crippen LogP contribution in [0.25, 0.3) is 0 Å². The number of benzene rings is 1. The molecule has 0 bridgehead atoms. The summed E-state index contributed by atoms with van der Waals surface area (Å²) in [5.74, 6) is -0.932. The number of carbonyl (C=O) groups is 1. The molecule has 0 aliphatic heterocycles. The Morgan fingerprint density at radius 2 is 1.69 bits per heavy atom. The van der Waals surface area contributed by atoms with Crippen LogP contribution in [0.3, 0.4) is 0 Å². The number of nitrogens with one attached hydrogen (secondary N) is 1. The van der Waals surface area contributed by atoms with Gasteiger partial charge < -0.3 is 11.1 Å². The molecule has 1 aromatic carbocycles. The van der Waals surface area contributed by atoms with Crippen molar-refractivity contribution in [2.24, 2.45) is 11.1 Å². The molecule has 0 unspecified atom stereocenters. The third-order valence-electron chi connectivity index (χ3n) is 3.48. The van der Waals surface area contributed by atoms with E-state index in [0.29, 0.717) is 6.54 Å². The number of nitrogens with zero attached hydrogens (tertiary/aromatic N) is 1. The molecule has 3 N–H and O–H groups in total. The standard InChI is InChI=1S/C15H22F3N3O3S.ClH/c1-14(2,8-19)10-21(3)25(23,24)12-6-4-11(5-7-12)13(22)20-9-15(16,17)18;/h4-7H,8-10,19H2,1-3H3,(H,20,22);1H. The van der Waals surface area contributed by atoms with Crippen molar-refractivity contribution >= 4 is 28.3 Å². The fourth-order valence-electron chi connectivity index (χ4n) is 1.99. The van der Waals surface area contributed by atoms with Gasteiger partial charge in [0.05, 0.1) is 4.90 Å². The highest BCUT2D eigenvalue weighted by molar-refractivity contribution is 7.89. The lowest BCUT2D eigenvalue weighted by molar-refractivity contribution is -0.123. The smallest absolute Gasteiger partial charge is 0.343 e. The van der Waals surface area contributed by atoms with Crippen molar-refractivity contribution in [3.05, 3.63) is 29.8 Å². The number of carbonyl (C=O) groups excluding carboxylic acids is 1. The highest BCUT2D eigenvalue weighted by Gasteiger charge is 2.29. The molecule has 0 radical (unpaired) electrons. The maximum Gasteiger partial charge on any atom is 0.405 e. The largest absolute Gasteiger partial charge is 0.405 e. The van der Waals surface area contributed by atoms with Gasteiger partial charge in [0.2, 0.25) is 10.0 Å². The number of hydrogen-bond donors (Lipinski definition) is 2. The minimum atomic E-state index is -4.52. The Morgan fingerprint density at radius 3 is 2.12 bits per heavy atom. The molecule has 150 valence electrons. The third-order valence-corrected chi connectivity index (χ3v) is 5.29. The normalized spacial score (nSPS) is 12.6. The number of amides is 1. The zero-order valence-electron chi connectivity index (χ0n) is 14.6. The summed E-state index contributed by atoms with van der Waals surface area (Å²) in [6.07, 6.45) is -4.52. The van der Waals surface area contributed by atoms with Crippen LogP contribution in [-0.4, -0.2) is 51.5 Å². The lowest BCUT2D eigenvalue weighted by Crippen LogP contribution is -2.39. The Labute approximate surface area is 157 Å². The Bertz CT molecular complexity index is 707. The van der Waals surface area contributed by atoms with Crippen molar-refractivity contribution in [1.29, 1.82) is 0 Å². The Morgan fingerprint density at radius 1 is 1.19 bits per heavy atom. The first-order chi connectivity index (χ1) is 11.3. The van der Waals surface area contributed by atoms with E-state index in [1.54, 1.807) is 5.32 Å². The monoisotopic (exact) mass is 417 g/mol. The van der Waals surface area contributed by atoms with Crippen LogP contribution < -0.4 is 11.1 Å². The summed E-state index contributed by atoms with van der Waals surface area (Å²) >= 11 is 0. The van der Waals surface area contributed by atoms with E-state index < -0.39 is 34.1 Å². The van der Waals surface area contributed by atoms with Crippen LogP contribution >= 0.6 is 12.4 Å². The molecular weight excluding hydrogens is 395 g/mol. The van der Waals surface area contributed by atoms with Crippen LogP contribution in [0.4, 0.5) is 13.2 Å². The minimum absolute atomic E-state index is 0. The van der Waals surface area contributed by atoms with Crippen LogP contribution in [0.15, 0.2) is 29.2 Å². The first-order valence-corrected chi connectivity index (χ1v) is 8.84. The van der Waals surface area contributed by atoms with Gasteiger partial charge in [0.1, 0.15) is 6.54 Å². The molecule has 0 saturated heterocycles. The van der Waals surface area contributed by atoms with Crippen LogP contribution in [0, 0.1) is 5.41 Å². The lowest BCUT2D eigenvalue weighted by Gasteiger charge is -2.28. The molecular formula is C15H23ClF3N3O3S. The summed E-state index contributed by atoms with van der Waals surface area (Å²) in [6, 6.07) is 4.70. The van der Waals surface area contributed by atoms with E-state index in [0.717, 1.165) is 4.31 Å². The van der Waals surface area contributed by atoms with Gasteiger partial charge in [-0.15, -0.1) is 12.4 Å². The van der Waals surface area contributed by atoms with E-state index in [4.69, 9.17) is 5.73 Å². The minimum Gasteiger partial charge on any atom is -0.343 e. The average Bonchev–Trinajstić information content (AvgIpc) is 2.51. The predicted octanol–water partition coefficient (Wildman–Crippen LogP) is 2.01. The van der Waals surface area contributed by atoms with Crippen LogP contribution in [0.1, 0.15) is 24.2 Å². The summed E-state index contributed by atoms with van der Waals surface area (Å²) in [7, 11) is -2.38. The molecule has 0 atom stereocenters. The first kappa shape index (κ1) is 24.6. The molecule has 0 fully saturated rings. The molecule has 1 rings (SSSR count). The number of alkyl halides is 3. The lowest BCUT2D eigenvalue weighted by atomic mass is 9.94. The van der Waals surface area contributed by atoms with Crippen LogP contribution in [0.5, 0.6) is 0 Å². The number of rotatable bonds is 7. The highest BCUT2D eigenvalue weighted by Crippen LogP contribution is 2.21. The van der Waals surface area contributed by atoms with Gasteiger partial charge in [-0.1, -0.05) is 13.8 Å². The van der Waals surface area contributed by atoms with Crippen molar-refractivity contribution in [3.8, 4) is 0 Å². The second-order valence-corrected chi connectivity index (χ2v) is 8.50. The van der Waals surface area contributed by atoms with Crippen LogP contribution in [0.2, 0.25) is 0 Å². The summed E-state index contributed by atoms with van der Waals surface area (Å²) < 4.78 is 62.4. The number of nitrogens with two attached hydrogens (primary N) is 1. The predicted molar refractivity (Wildman–Crippen MR) is 94.7 cm³/mol. The van der Waals surface area contributed by atoms with Gasteiger partial charge in [-0.25, -0.2) is 12.7 Å². The second-order valence-electron chi connectivity index (χ2n) is 6.45. The van der Waals surface area contributed by atoms with Crippen LogP contribution in [-0.2, 0) is 10.0 Å². The van der Waals surface area contributed by atoms with Crippen molar-refractivity contribution in [2.45, 2.75) is 24.9 Å². The van der Waals surface area contributed by atoms with E-state index in [-0.39, 0.29) is 29.4 Å². The first-order valence-electron chi connectivity index (χ1n) is 7.40. The molecule has 0 spiro atoms. The molecule has 26 heavy (non-hydrogen) atoms. The number of sulfonamides is 1. The fourth-order valence-corrected chi connectivity index (χ4v) is 3.35. The van der Waals surface area contributed by atoms with Gasteiger partial charge in [-0.05, 0) is 36.2 Å². The number of hydrogen-bond acceptors (Lipinski definition) is 4. The topological polar surface area (TPSA) is 92.5 Å². The van der Waals surface area contributed by atoms with Gasteiger partial charge in [-0.2, -0.15) is 13.2 Å². The maximum absolute atomic E-state index is 12.5. The SMILES string of the molecule is CN(CC(C)(C)CN)S(=O)(=O)c1ccc(C(=O)NCC(F)(F)F)cc1.Cl. The van der Waals surface area contributed by atoms with Gasteiger partial charge in [0.25, 0.3) is 5.91 Å². The Hall–Kier alpha value is -1.36. The average molecular weight is 418 g/mol. The maximum atomic E-state index is 12.5. The molecule has 11 heteroatoms. The second kappa shape index (κ2) is 9.03. The summed E-state index contributed by atoms with van der Waals surface area (Å²) in [4.78, 5) is 11.6. The summed E-state index contributed by atoms with van der Waals surface area (Å²) in [5.41, 5.74) is 5.12. The molecule has 0 heterocycles. The highest BCUT2D eigenvalue weighted by atomic mass is 35.5. The number of halogens is 4. The molecule has 6 nitrogen and oxygen atoms in total. The van der Waals surface area contributed by atoms with Crippen molar-refractivity contribution in [1.82, 2.24) is 9.62 Å². The fraction of sp³-hybridized carbons (Fsp3) is 0.533. The zero-order chi connectivity index (χ0) is 19.5. The molecule has 1 amide bonds. The van der Waals surface area contributed by atoms with Gasteiger partial charge in [0, 0.05) is 19.2 Å². The Balaban J connectivity index is 0.00000625. The summed E-state index contributed by atoms with van der Waals surface area (Å²) in [5, 5.41) is 1.72. The molecule has 0 aromatic heterocycles. The van der Waals surface area contributed by atoms with E-state index in [1.807, 2.05) is 13.8 Å².